The van der Waals surface area contributed by atoms with Crippen LogP contribution in [0.3, 0.4) is 0 Å². The third kappa shape index (κ3) is 1.17. The van der Waals surface area contributed by atoms with E-state index in [1.165, 1.54) is 18.4 Å². The van der Waals surface area contributed by atoms with E-state index >= 15 is 0 Å². The molecule has 0 unspecified atom stereocenters. The van der Waals surface area contributed by atoms with E-state index in [0.29, 0.717) is 5.41 Å². The molecule has 0 saturated heterocycles. The van der Waals surface area contributed by atoms with E-state index in [0.717, 1.165) is 5.92 Å². The lowest BCUT2D eigenvalue weighted by Crippen LogP contribution is -2.13. The van der Waals surface area contributed by atoms with Crippen molar-refractivity contribution in [1.29, 1.82) is 0 Å². The van der Waals surface area contributed by atoms with Gasteiger partial charge in [-0.2, -0.15) is 0 Å². The Balaban J connectivity index is 2.69. The second-order valence-corrected chi connectivity index (χ2v) is 4.02. The SMILES string of the molecule is C=C1C[C@H](C)C(C)(C)C1. The highest BCUT2D eigenvalue weighted by Crippen LogP contribution is 2.44. The lowest BCUT2D eigenvalue weighted by atomic mass is 9.83. The minimum atomic E-state index is 0.525. The number of hydrogen-bond donors (Lipinski definition) is 0. The third-order valence-electron chi connectivity index (χ3n) is 2.63. The first-order chi connectivity index (χ1) is 4.02. The molecule has 1 fully saturated rings. The monoisotopic (exact) mass is 124 g/mol. The van der Waals surface area contributed by atoms with Crippen molar-refractivity contribution in [3.8, 4) is 0 Å². The lowest BCUT2D eigenvalue weighted by Gasteiger charge is -2.22. The zero-order valence-electron chi connectivity index (χ0n) is 6.70. The van der Waals surface area contributed by atoms with E-state index in [2.05, 4.69) is 27.4 Å². The second-order valence-electron chi connectivity index (χ2n) is 4.02. The van der Waals surface area contributed by atoms with Crippen LogP contribution in [0.25, 0.3) is 0 Å². The van der Waals surface area contributed by atoms with Crippen LogP contribution in [0.15, 0.2) is 12.2 Å². The highest BCUT2D eigenvalue weighted by molar-refractivity contribution is 5.08. The fourth-order valence-electron chi connectivity index (χ4n) is 1.60. The zero-order valence-corrected chi connectivity index (χ0v) is 6.70. The molecule has 52 valence electrons. The van der Waals surface area contributed by atoms with Gasteiger partial charge in [0.05, 0.1) is 0 Å². The maximum Gasteiger partial charge on any atom is -0.0269 e. The Kier molecular flexibility index (Phi) is 1.42. The summed E-state index contributed by atoms with van der Waals surface area (Å²) in [5.74, 6) is 0.838. The first kappa shape index (κ1) is 6.85. The van der Waals surface area contributed by atoms with Gasteiger partial charge in [0.25, 0.3) is 0 Å². The van der Waals surface area contributed by atoms with Crippen molar-refractivity contribution >= 4 is 0 Å². The van der Waals surface area contributed by atoms with E-state index in [1.807, 2.05) is 0 Å². The molecule has 1 aliphatic carbocycles. The smallest absolute Gasteiger partial charge is 0.0269 e. The van der Waals surface area contributed by atoms with Gasteiger partial charge in [-0.05, 0) is 24.2 Å². The summed E-state index contributed by atoms with van der Waals surface area (Å²) in [5.41, 5.74) is 1.96. The van der Waals surface area contributed by atoms with Gasteiger partial charge in [0.2, 0.25) is 0 Å². The minimum Gasteiger partial charge on any atom is -0.0998 e. The molecule has 0 spiro atoms. The minimum absolute atomic E-state index is 0.525. The van der Waals surface area contributed by atoms with Crippen molar-refractivity contribution in [2.24, 2.45) is 11.3 Å². The fraction of sp³-hybridized carbons (Fsp3) is 0.778. The lowest BCUT2D eigenvalue weighted by molar-refractivity contribution is 0.282. The maximum atomic E-state index is 4.00. The normalized spacial score (nSPS) is 33.2. The number of allylic oxidation sites excluding steroid dienone is 1. The Morgan fingerprint density at radius 1 is 1.56 bits per heavy atom. The van der Waals surface area contributed by atoms with Crippen molar-refractivity contribution in [2.45, 2.75) is 33.6 Å². The third-order valence-corrected chi connectivity index (χ3v) is 2.63. The molecule has 0 amide bonds. The zero-order chi connectivity index (χ0) is 7.07. The van der Waals surface area contributed by atoms with E-state index in [9.17, 15) is 0 Å². The number of hydrogen-bond acceptors (Lipinski definition) is 0. The Labute approximate surface area is 58.0 Å². The molecule has 0 heteroatoms. The van der Waals surface area contributed by atoms with Crippen molar-refractivity contribution in [3.63, 3.8) is 0 Å². The van der Waals surface area contributed by atoms with Crippen LogP contribution in [0.5, 0.6) is 0 Å². The molecule has 1 saturated carbocycles. The van der Waals surface area contributed by atoms with Crippen LogP contribution in [0, 0.1) is 11.3 Å². The van der Waals surface area contributed by atoms with E-state index in [1.54, 1.807) is 0 Å². The van der Waals surface area contributed by atoms with Crippen molar-refractivity contribution in [2.75, 3.05) is 0 Å². The summed E-state index contributed by atoms with van der Waals surface area (Å²) in [4.78, 5) is 0. The largest absolute Gasteiger partial charge is 0.0998 e. The molecule has 0 nitrogen and oxygen atoms in total. The van der Waals surface area contributed by atoms with Crippen LogP contribution in [-0.4, -0.2) is 0 Å². The molecule has 0 aliphatic heterocycles. The topological polar surface area (TPSA) is 0 Å². The molecule has 1 aliphatic rings. The van der Waals surface area contributed by atoms with E-state index in [4.69, 9.17) is 0 Å². The Morgan fingerprint density at radius 2 is 2.11 bits per heavy atom. The van der Waals surface area contributed by atoms with E-state index < -0.39 is 0 Å². The Hall–Kier alpha value is -0.260. The van der Waals surface area contributed by atoms with Gasteiger partial charge < -0.3 is 0 Å². The Bertz CT molecular complexity index is 131. The first-order valence-electron chi connectivity index (χ1n) is 3.69. The molecule has 1 atom stereocenters. The van der Waals surface area contributed by atoms with Gasteiger partial charge in [-0.25, -0.2) is 0 Å². The predicted octanol–water partition coefficient (Wildman–Crippen LogP) is 3.00. The summed E-state index contributed by atoms with van der Waals surface area (Å²) in [5, 5.41) is 0. The molecule has 0 bridgehead atoms. The average molecular weight is 124 g/mol. The van der Waals surface area contributed by atoms with Gasteiger partial charge in [-0.1, -0.05) is 32.9 Å². The quantitative estimate of drug-likeness (QED) is 0.435. The average Bonchev–Trinajstić information content (AvgIpc) is 1.79. The molecule has 0 radical (unpaired) electrons. The van der Waals surface area contributed by atoms with Gasteiger partial charge in [-0.15, -0.1) is 0 Å². The number of rotatable bonds is 0. The van der Waals surface area contributed by atoms with Gasteiger partial charge in [0.15, 0.2) is 0 Å². The molecule has 0 aromatic carbocycles. The summed E-state index contributed by atoms with van der Waals surface area (Å²) in [6, 6.07) is 0. The molecule has 0 N–H and O–H groups in total. The highest BCUT2D eigenvalue weighted by Gasteiger charge is 2.32. The summed E-state index contributed by atoms with van der Waals surface area (Å²) < 4.78 is 0. The summed E-state index contributed by atoms with van der Waals surface area (Å²) in [6.07, 6.45) is 2.47. The van der Waals surface area contributed by atoms with Crippen LogP contribution in [0.2, 0.25) is 0 Å². The van der Waals surface area contributed by atoms with Crippen LogP contribution in [0.1, 0.15) is 33.6 Å². The molecular formula is C9H16. The summed E-state index contributed by atoms with van der Waals surface area (Å²) >= 11 is 0. The van der Waals surface area contributed by atoms with Crippen LogP contribution in [-0.2, 0) is 0 Å². The standard InChI is InChI=1S/C9H16/c1-7-5-8(2)9(3,4)6-7/h8H,1,5-6H2,2-4H3/t8-/m0/s1. The van der Waals surface area contributed by atoms with Gasteiger partial charge >= 0.3 is 0 Å². The van der Waals surface area contributed by atoms with Crippen LogP contribution < -0.4 is 0 Å². The van der Waals surface area contributed by atoms with Crippen LogP contribution in [0.4, 0.5) is 0 Å². The molecule has 1 rings (SSSR count). The van der Waals surface area contributed by atoms with Crippen LogP contribution >= 0.6 is 0 Å². The summed E-state index contributed by atoms with van der Waals surface area (Å²) in [6.45, 7) is 11.0. The second kappa shape index (κ2) is 1.86. The Morgan fingerprint density at radius 3 is 2.22 bits per heavy atom. The fourth-order valence-corrected chi connectivity index (χ4v) is 1.60. The molecule has 0 heterocycles. The van der Waals surface area contributed by atoms with Crippen molar-refractivity contribution < 1.29 is 0 Å². The van der Waals surface area contributed by atoms with Crippen molar-refractivity contribution in [3.05, 3.63) is 12.2 Å². The van der Waals surface area contributed by atoms with Crippen molar-refractivity contribution in [1.82, 2.24) is 0 Å². The summed E-state index contributed by atoms with van der Waals surface area (Å²) in [7, 11) is 0. The molecular weight excluding hydrogens is 108 g/mol. The maximum absolute atomic E-state index is 4.00. The van der Waals surface area contributed by atoms with Gasteiger partial charge in [-0.3, -0.25) is 0 Å². The predicted molar refractivity (Wildman–Crippen MR) is 41.3 cm³/mol. The van der Waals surface area contributed by atoms with Gasteiger partial charge in [0, 0.05) is 0 Å². The molecule has 9 heavy (non-hydrogen) atoms. The first-order valence-corrected chi connectivity index (χ1v) is 3.69. The molecule has 0 aromatic heterocycles. The highest BCUT2D eigenvalue weighted by atomic mass is 14.4. The van der Waals surface area contributed by atoms with Gasteiger partial charge in [0.1, 0.15) is 0 Å². The van der Waals surface area contributed by atoms with E-state index in [-0.39, 0.29) is 0 Å². The molecule has 0 aromatic rings.